The number of aromatic nitrogens is 6. The minimum atomic E-state index is 0.605. The van der Waals surface area contributed by atoms with Gasteiger partial charge >= 0.3 is 0 Å². The highest BCUT2D eigenvalue weighted by molar-refractivity contribution is 7.26. The molecule has 0 amide bonds. The van der Waals surface area contributed by atoms with Crippen LogP contribution in [-0.4, -0.2) is 29.9 Å². The van der Waals surface area contributed by atoms with E-state index >= 15 is 0 Å². The molecule has 0 fully saturated rings. The highest BCUT2D eigenvalue weighted by Gasteiger charge is 2.16. The van der Waals surface area contributed by atoms with Crippen molar-refractivity contribution in [2.24, 2.45) is 0 Å². The van der Waals surface area contributed by atoms with Crippen molar-refractivity contribution in [1.29, 1.82) is 0 Å². The molecule has 0 aliphatic rings. The quantitative estimate of drug-likeness (QED) is 0.206. The lowest BCUT2D eigenvalue weighted by Gasteiger charge is -2.10. The zero-order chi connectivity index (χ0) is 28.6. The molecule has 0 spiro atoms. The third kappa shape index (κ3) is 4.71. The number of thiophene rings is 1. The molecule has 4 heterocycles. The fraction of sp³-hybridized carbons (Fsp3) is 0. The van der Waals surface area contributed by atoms with Crippen LogP contribution in [0, 0.1) is 0 Å². The Bertz CT molecular complexity index is 2190. The molecule has 43 heavy (non-hydrogen) atoms. The molecule has 0 saturated heterocycles. The Morgan fingerprint density at radius 2 is 1.02 bits per heavy atom. The van der Waals surface area contributed by atoms with Gasteiger partial charge in [0.1, 0.15) is 12.0 Å². The maximum absolute atomic E-state index is 5.06. The van der Waals surface area contributed by atoms with E-state index in [2.05, 4.69) is 40.3 Å². The first-order valence-electron chi connectivity index (χ1n) is 13.9. The van der Waals surface area contributed by atoms with E-state index in [1.807, 2.05) is 97.1 Å². The molecule has 0 aliphatic heterocycles. The van der Waals surface area contributed by atoms with Crippen molar-refractivity contribution in [3.8, 4) is 56.8 Å². The van der Waals surface area contributed by atoms with E-state index < -0.39 is 0 Å². The number of benzene rings is 4. The van der Waals surface area contributed by atoms with E-state index in [1.54, 1.807) is 17.7 Å². The van der Waals surface area contributed by atoms with Gasteiger partial charge in [0, 0.05) is 32.3 Å². The van der Waals surface area contributed by atoms with Crippen molar-refractivity contribution in [2.45, 2.75) is 0 Å². The number of hydrogen-bond acceptors (Lipinski definition) is 7. The summed E-state index contributed by atoms with van der Waals surface area (Å²) in [5.74, 6) is 1.87. The normalized spacial score (nSPS) is 11.3. The van der Waals surface area contributed by atoms with Crippen LogP contribution in [0.2, 0.25) is 0 Å². The molecule has 0 unspecified atom stereocenters. The second kappa shape index (κ2) is 10.6. The Morgan fingerprint density at radius 1 is 0.442 bits per heavy atom. The van der Waals surface area contributed by atoms with E-state index in [-0.39, 0.29) is 0 Å². The number of rotatable bonds is 5. The van der Waals surface area contributed by atoms with Gasteiger partial charge in [-0.1, -0.05) is 103 Å². The molecule has 4 aromatic carbocycles. The third-order valence-electron chi connectivity index (χ3n) is 7.27. The van der Waals surface area contributed by atoms with Crippen LogP contribution in [0.5, 0.6) is 0 Å². The topological polar surface area (TPSA) is 77.3 Å². The maximum Gasteiger partial charge on any atom is 0.164 e. The average molecular weight is 571 g/mol. The standard InChI is InChI=1S/C36H22N6S/c1-3-11-23(12-4-1)34-40-35(24-13-5-2-6-14-24)42-36(41-34)26-16-9-15-25(21-26)28-18-10-19-29(39-28)32-33-31(37-22-38-32)27-17-7-8-20-30(27)43-33/h1-22H. The van der Waals surface area contributed by atoms with Crippen molar-refractivity contribution in [3.63, 3.8) is 0 Å². The summed E-state index contributed by atoms with van der Waals surface area (Å²) in [6, 6.07) is 42.5. The second-order valence-corrected chi connectivity index (χ2v) is 11.1. The molecule has 0 radical (unpaired) electrons. The van der Waals surface area contributed by atoms with Crippen LogP contribution in [0.3, 0.4) is 0 Å². The lowest BCUT2D eigenvalue weighted by Crippen LogP contribution is -2.00. The van der Waals surface area contributed by atoms with E-state index in [0.717, 1.165) is 54.9 Å². The van der Waals surface area contributed by atoms with Gasteiger partial charge in [-0.05, 0) is 24.3 Å². The molecule has 202 valence electrons. The summed E-state index contributed by atoms with van der Waals surface area (Å²) in [5, 5.41) is 1.14. The Hall–Kier alpha value is -5.66. The fourth-order valence-electron chi connectivity index (χ4n) is 5.19. The van der Waals surface area contributed by atoms with Gasteiger partial charge in [0.25, 0.3) is 0 Å². The van der Waals surface area contributed by atoms with Gasteiger partial charge in [0.05, 0.1) is 21.6 Å². The predicted molar refractivity (Wildman–Crippen MR) is 173 cm³/mol. The van der Waals surface area contributed by atoms with Gasteiger partial charge in [-0.15, -0.1) is 11.3 Å². The van der Waals surface area contributed by atoms with E-state index in [9.17, 15) is 0 Å². The first-order valence-corrected chi connectivity index (χ1v) is 14.7. The Labute approximate surface area is 251 Å². The van der Waals surface area contributed by atoms with Crippen LogP contribution in [0.1, 0.15) is 0 Å². The minimum Gasteiger partial charge on any atom is -0.246 e. The Kier molecular flexibility index (Phi) is 6.20. The van der Waals surface area contributed by atoms with Crippen LogP contribution in [0.4, 0.5) is 0 Å². The van der Waals surface area contributed by atoms with Crippen LogP contribution < -0.4 is 0 Å². The highest BCUT2D eigenvalue weighted by Crippen LogP contribution is 2.37. The van der Waals surface area contributed by atoms with Gasteiger partial charge in [-0.3, -0.25) is 0 Å². The zero-order valence-corrected chi connectivity index (χ0v) is 23.6. The van der Waals surface area contributed by atoms with Gasteiger partial charge in [-0.2, -0.15) is 0 Å². The summed E-state index contributed by atoms with van der Waals surface area (Å²) in [4.78, 5) is 28.9. The van der Waals surface area contributed by atoms with Crippen LogP contribution >= 0.6 is 11.3 Å². The monoisotopic (exact) mass is 570 g/mol. The summed E-state index contributed by atoms with van der Waals surface area (Å²) < 4.78 is 2.22. The molecule has 8 aromatic rings. The summed E-state index contributed by atoms with van der Waals surface area (Å²) in [5.41, 5.74) is 7.16. The molecule has 0 atom stereocenters. The molecule has 6 nitrogen and oxygen atoms in total. The number of hydrogen-bond donors (Lipinski definition) is 0. The molecular weight excluding hydrogens is 549 g/mol. The molecule has 0 bridgehead atoms. The molecule has 0 aliphatic carbocycles. The van der Waals surface area contributed by atoms with E-state index in [0.29, 0.717) is 17.5 Å². The van der Waals surface area contributed by atoms with Crippen molar-refractivity contribution < 1.29 is 0 Å². The SMILES string of the molecule is c1ccc(-c2nc(-c3ccccc3)nc(-c3cccc(-c4cccc(-c5ncnc6c5sc5ccccc56)n4)c3)n2)cc1. The van der Waals surface area contributed by atoms with Crippen molar-refractivity contribution in [3.05, 3.63) is 134 Å². The van der Waals surface area contributed by atoms with Crippen LogP contribution in [-0.2, 0) is 0 Å². The van der Waals surface area contributed by atoms with Crippen molar-refractivity contribution in [1.82, 2.24) is 29.9 Å². The summed E-state index contributed by atoms with van der Waals surface area (Å²) in [6.07, 6.45) is 1.63. The Balaban J connectivity index is 1.22. The van der Waals surface area contributed by atoms with Crippen LogP contribution in [0.15, 0.2) is 134 Å². The number of pyridine rings is 1. The minimum absolute atomic E-state index is 0.605. The molecular formula is C36H22N6S. The molecule has 8 rings (SSSR count). The lowest BCUT2D eigenvalue weighted by atomic mass is 10.1. The third-order valence-corrected chi connectivity index (χ3v) is 8.43. The van der Waals surface area contributed by atoms with Crippen LogP contribution in [0.25, 0.3) is 77.1 Å². The van der Waals surface area contributed by atoms with E-state index in [1.165, 1.54) is 4.70 Å². The Morgan fingerprint density at radius 3 is 1.77 bits per heavy atom. The first-order chi connectivity index (χ1) is 21.3. The maximum atomic E-state index is 5.06. The second-order valence-electron chi connectivity index (χ2n) is 10.0. The summed E-state index contributed by atoms with van der Waals surface area (Å²) in [7, 11) is 0. The number of fused-ring (bicyclic) bond motifs is 3. The lowest BCUT2D eigenvalue weighted by molar-refractivity contribution is 1.07. The largest absolute Gasteiger partial charge is 0.246 e. The summed E-state index contributed by atoms with van der Waals surface area (Å²) in [6.45, 7) is 0. The predicted octanol–water partition coefficient (Wildman–Crippen LogP) is 8.76. The fourth-order valence-corrected chi connectivity index (χ4v) is 6.34. The van der Waals surface area contributed by atoms with Gasteiger partial charge in [0.2, 0.25) is 0 Å². The molecule has 0 saturated carbocycles. The molecule has 7 heteroatoms. The smallest absolute Gasteiger partial charge is 0.164 e. The van der Waals surface area contributed by atoms with Crippen molar-refractivity contribution in [2.75, 3.05) is 0 Å². The zero-order valence-electron chi connectivity index (χ0n) is 22.8. The van der Waals surface area contributed by atoms with Gasteiger partial charge in [-0.25, -0.2) is 29.9 Å². The first kappa shape index (κ1) is 25.1. The van der Waals surface area contributed by atoms with Gasteiger partial charge < -0.3 is 0 Å². The highest BCUT2D eigenvalue weighted by atomic mass is 32.1. The van der Waals surface area contributed by atoms with E-state index in [4.69, 9.17) is 19.9 Å². The van der Waals surface area contributed by atoms with Crippen molar-refractivity contribution >= 4 is 31.6 Å². The average Bonchev–Trinajstić information content (AvgIpc) is 3.48. The van der Waals surface area contributed by atoms with Gasteiger partial charge in [0.15, 0.2) is 17.5 Å². The summed E-state index contributed by atoms with van der Waals surface area (Å²) >= 11 is 1.70. The molecule has 0 N–H and O–H groups in total. The number of nitrogens with zero attached hydrogens (tertiary/aromatic N) is 6. The molecule has 4 aromatic heterocycles.